The quantitative estimate of drug-likeness (QED) is 0.613. The first-order chi connectivity index (χ1) is 13.9. The average Bonchev–Trinajstić information content (AvgIpc) is 3.12. The Hall–Kier alpha value is -2.67. The van der Waals surface area contributed by atoms with E-state index in [-0.39, 0.29) is 30.0 Å². The number of carbonyl (C=O) groups is 2. The second-order valence-electron chi connectivity index (χ2n) is 7.12. The van der Waals surface area contributed by atoms with Crippen LogP contribution in [0.5, 0.6) is 0 Å². The van der Waals surface area contributed by atoms with Crippen LogP contribution in [0.3, 0.4) is 0 Å². The molecule has 2 rings (SSSR count). The molecule has 1 aromatic carbocycles. The normalized spacial score (nSPS) is 11.9. The molecule has 0 N–H and O–H groups in total. The molecule has 0 saturated heterocycles. The molecule has 0 bridgehead atoms. The lowest BCUT2D eigenvalue weighted by Gasteiger charge is -2.31. The van der Waals surface area contributed by atoms with E-state index in [2.05, 4.69) is 0 Å². The Labute approximate surface area is 171 Å². The predicted octanol–water partition coefficient (Wildman–Crippen LogP) is 3.08. The molecule has 2 aromatic rings. The highest BCUT2D eigenvalue weighted by Gasteiger charge is 2.26. The van der Waals surface area contributed by atoms with Crippen molar-refractivity contribution < 1.29 is 18.7 Å². The van der Waals surface area contributed by atoms with Crippen LogP contribution in [0.4, 0.5) is 4.39 Å². The first-order valence-electron chi connectivity index (χ1n) is 9.80. The van der Waals surface area contributed by atoms with Crippen LogP contribution in [0.15, 0.2) is 42.6 Å². The highest BCUT2D eigenvalue weighted by molar-refractivity contribution is 5.96. The number of aromatic nitrogens is 1. The number of hydrogen-bond donors (Lipinski definition) is 0. The molecule has 7 heteroatoms. The van der Waals surface area contributed by atoms with Crippen molar-refractivity contribution >= 4 is 11.8 Å². The summed E-state index contributed by atoms with van der Waals surface area (Å²) in [5.74, 6) is -0.997. The van der Waals surface area contributed by atoms with E-state index in [0.717, 1.165) is 5.69 Å². The third-order valence-electron chi connectivity index (χ3n) is 5.08. The Balaban J connectivity index is 2.20. The summed E-state index contributed by atoms with van der Waals surface area (Å²) in [6.45, 7) is 5.02. The van der Waals surface area contributed by atoms with E-state index < -0.39 is 5.82 Å². The molecule has 1 atom stereocenters. The minimum atomic E-state index is -0.475. The van der Waals surface area contributed by atoms with Gasteiger partial charge in [-0.05, 0) is 43.7 Å². The largest absolute Gasteiger partial charge is 0.383 e. The maximum Gasteiger partial charge on any atom is 0.254 e. The molecule has 1 heterocycles. The summed E-state index contributed by atoms with van der Waals surface area (Å²) in [6.07, 6.45) is 2.61. The number of methoxy groups -OCH3 is 1. The highest BCUT2D eigenvalue weighted by Crippen LogP contribution is 2.14. The Morgan fingerprint density at radius 2 is 2.00 bits per heavy atom. The van der Waals surface area contributed by atoms with E-state index in [1.54, 1.807) is 18.1 Å². The fraction of sp³-hybridized carbons (Fsp3) is 0.455. The zero-order chi connectivity index (χ0) is 21.4. The van der Waals surface area contributed by atoms with Crippen molar-refractivity contribution in [3.8, 4) is 0 Å². The van der Waals surface area contributed by atoms with Gasteiger partial charge in [0.1, 0.15) is 12.4 Å². The van der Waals surface area contributed by atoms with Crippen molar-refractivity contribution in [2.45, 2.75) is 32.9 Å². The van der Waals surface area contributed by atoms with Crippen molar-refractivity contribution in [1.82, 2.24) is 14.4 Å². The first-order valence-corrected chi connectivity index (χ1v) is 9.80. The van der Waals surface area contributed by atoms with Crippen molar-refractivity contribution in [2.24, 2.45) is 7.05 Å². The van der Waals surface area contributed by atoms with Gasteiger partial charge in [-0.1, -0.05) is 13.0 Å². The average molecular weight is 403 g/mol. The van der Waals surface area contributed by atoms with Gasteiger partial charge in [0, 0.05) is 44.2 Å². The highest BCUT2D eigenvalue weighted by atomic mass is 19.1. The van der Waals surface area contributed by atoms with Crippen LogP contribution in [0.1, 0.15) is 36.3 Å². The molecule has 0 aliphatic rings. The number of aryl methyl sites for hydroxylation is 1. The maximum atomic E-state index is 13.6. The lowest BCUT2D eigenvalue weighted by Crippen LogP contribution is -2.47. The number of halogens is 1. The van der Waals surface area contributed by atoms with Gasteiger partial charge in [0.05, 0.1) is 13.2 Å². The predicted molar refractivity (Wildman–Crippen MR) is 110 cm³/mol. The molecule has 0 aliphatic heterocycles. The number of benzene rings is 1. The van der Waals surface area contributed by atoms with Gasteiger partial charge in [-0.3, -0.25) is 9.59 Å². The number of ether oxygens (including phenoxy) is 1. The third kappa shape index (κ3) is 6.15. The van der Waals surface area contributed by atoms with Crippen LogP contribution in [0, 0.1) is 5.82 Å². The molecular formula is C22H30FN3O3. The standard InChI is InChI=1S/C22H30FN3O3/c1-5-17(2)26(22(28)18-8-6-9-19(23)14-18)16-21(27)25(12-13-29-4)15-20-10-7-11-24(20)3/h6-11,14,17H,5,12-13,15-16H2,1-4H3. The second-order valence-corrected chi connectivity index (χ2v) is 7.12. The molecule has 0 saturated carbocycles. The number of carbonyl (C=O) groups excluding carboxylic acids is 2. The molecule has 0 aliphatic carbocycles. The summed E-state index contributed by atoms with van der Waals surface area (Å²) in [5, 5.41) is 0. The van der Waals surface area contributed by atoms with E-state index in [1.165, 1.54) is 23.1 Å². The molecule has 2 amide bonds. The van der Waals surface area contributed by atoms with Gasteiger partial charge in [-0.15, -0.1) is 0 Å². The van der Waals surface area contributed by atoms with E-state index in [1.807, 2.05) is 43.8 Å². The van der Waals surface area contributed by atoms with Gasteiger partial charge >= 0.3 is 0 Å². The Bertz CT molecular complexity index is 821. The topological polar surface area (TPSA) is 54.8 Å². The maximum absolute atomic E-state index is 13.6. The van der Waals surface area contributed by atoms with Crippen LogP contribution in [0.25, 0.3) is 0 Å². The van der Waals surface area contributed by atoms with Crippen LogP contribution in [0.2, 0.25) is 0 Å². The summed E-state index contributed by atoms with van der Waals surface area (Å²) in [6, 6.07) is 9.28. The van der Waals surface area contributed by atoms with E-state index in [4.69, 9.17) is 4.74 Å². The SMILES string of the molecule is CCC(C)N(CC(=O)N(CCOC)Cc1cccn1C)C(=O)c1cccc(F)c1. The molecule has 0 spiro atoms. The second kappa shape index (κ2) is 10.8. The minimum Gasteiger partial charge on any atom is -0.383 e. The monoisotopic (exact) mass is 403 g/mol. The van der Waals surface area contributed by atoms with Crippen LogP contribution in [-0.2, 0) is 23.1 Å². The van der Waals surface area contributed by atoms with Gasteiger partial charge in [-0.25, -0.2) is 4.39 Å². The van der Waals surface area contributed by atoms with Crippen molar-refractivity contribution in [1.29, 1.82) is 0 Å². The molecule has 0 radical (unpaired) electrons. The number of nitrogens with zero attached hydrogens (tertiary/aromatic N) is 3. The van der Waals surface area contributed by atoms with Gasteiger partial charge in [0.2, 0.25) is 5.91 Å². The lowest BCUT2D eigenvalue weighted by atomic mass is 10.1. The van der Waals surface area contributed by atoms with Crippen molar-refractivity contribution in [3.05, 3.63) is 59.7 Å². The Morgan fingerprint density at radius 1 is 1.24 bits per heavy atom. The molecule has 158 valence electrons. The number of rotatable bonds is 10. The lowest BCUT2D eigenvalue weighted by molar-refractivity contribution is -0.133. The smallest absolute Gasteiger partial charge is 0.254 e. The van der Waals surface area contributed by atoms with Crippen molar-refractivity contribution in [2.75, 3.05) is 26.8 Å². The summed E-state index contributed by atoms with van der Waals surface area (Å²) in [7, 11) is 3.51. The van der Waals surface area contributed by atoms with E-state index in [9.17, 15) is 14.0 Å². The fourth-order valence-electron chi connectivity index (χ4n) is 3.03. The molecule has 6 nitrogen and oxygen atoms in total. The summed E-state index contributed by atoms with van der Waals surface area (Å²) >= 11 is 0. The van der Waals surface area contributed by atoms with Crippen LogP contribution >= 0.6 is 0 Å². The van der Waals surface area contributed by atoms with Crippen LogP contribution < -0.4 is 0 Å². The van der Waals surface area contributed by atoms with E-state index >= 15 is 0 Å². The zero-order valence-electron chi connectivity index (χ0n) is 17.6. The van der Waals surface area contributed by atoms with Gasteiger partial charge in [-0.2, -0.15) is 0 Å². The first kappa shape index (κ1) is 22.6. The van der Waals surface area contributed by atoms with Gasteiger partial charge in [0.15, 0.2) is 0 Å². The molecular weight excluding hydrogens is 373 g/mol. The molecule has 1 unspecified atom stereocenters. The molecule has 1 aromatic heterocycles. The molecule has 29 heavy (non-hydrogen) atoms. The van der Waals surface area contributed by atoms with Crippen LogP contribution in [-0.4, -0.2) is 59.0 Å². The zero-order valence-corrected chi connectivity index (χ0v) is 17.6. The third-order valence-corrected chi connectivity index (χ3v) is 5.08. The Morgan fingerprint density at radius 3 is 2.59 bits per heavy atom. The molecule has 0 fully saturated rings. The van der Waals surface area contributed by atoms with Crippen molar-refractivity contribution in [3.63, 3.8) is 0 Å². The fourth-order valence-corrected chi connectivity index (χ4v) is 3.03. The minimum absolute atomic E-state index is 0.0709. The van der Waals surface area contributed by atoms with E-state index in [0.29, 0.717) is 26.1 Å². The number of amides is 2. The summed E-state index contributed by atoms with van der Waals surface area (Å²) in [4.78, 5) is 29.3. The Kier molecular flexibility index (Phi) is 8.39. The summed E-state index contributed by atoms with van der Waals surface area (Å²) < 4.78 is 20.7. The van der Waals surface area contributed by atoms with Gasteiger partial charge in [0.25, 0.3) is 5.91 Å². The number of hydrogen-bond acceptors (Lipinski definition) is 3. The van der Waals surface area contributed by atoms with Gasteiger partial charge < -0.3 is 19.1 Å². The summed E-state index contributed by atoms with van der Waals surface area (Å²) in [5.41, 5.74) is 1.23.